The molecule has 0 aliphatic carbocycles. The number of nitrogens with zero attached hydrogens (tertiary/aromatic N) is 1. The van der Waals surface area contributed by atoms with Crippen molar-refractivity contribution in [1.82, 2.24) is 0 Å². The Morgan fingerprint density at radius 3 is 2.50 bits per heavy atom. The number of hydrogen-bond acceptors (Lipinski definition) is 2. The Kier molecular flexibility index (Phi) is 5.10. The topological polar surface area (TPSA) is 29.3 Å². The number of nitrogens with two attached hydrogens (primary N) is 1. The van der Waals surface area contributed by atoms with E-state index >= 15 is 0 Å². The van der Waals surface area contributed by atoms with Gasteiger partial charge in [-0.2, -0.15) is 0 Å². The molecule has 0 fully saturated rings. The van der Waals surface area contributed by atoms with Crippen LogP contribution >= 0.6 is 11.6 Å². The van der Waals surface area contributed by atoms with E-state index in [9.17, 15) is 0 Å². The Bertz CT molecular complexity index is 339. The summed E-state index contributed by atoms with van der Waals surface area (Å²) < 4.78 is 0. The summed E-state index contributed by atoms with van der Waals surface area (Å²) in [7, 11) is 0. The van der Waals surface area contributed by atoms with Crippen molar-refractivity contribution in [2.45, 2.75) is 39.8 Å². The van der Waals surface area contributed by atoms with Gasteiger partial charge in [-0.05, 0) is 38.0 Å². The molecule has 0 bridgehead atoms. The van der Waals surface area contributed by atoms with Crippen molar-refractivity contribution in [3.63, 3.8) is 0 Å². The molecule has 0 heterocycles. The van der Waals surface area contributed by atoms with Crippen molar-refractivity contribution in [3.05, 3.63) is 28.8 Å². The van der Waals surface area contributed by atoms with Crippen LogP contribution in [-0.4, -0.2) is 12.6 Å². The van der Waals surface area contributed by atoms with Gasteiger partial charge >= 0.3 is 0 Å². The van der Waals surface area contributed by atoms with Crippen LogP contribution in [0.3, 0.4) is 0 Å². The standard InChI is InChI=1S/C13H21ClN2/c1-4-10(3)16(5-2)12-7-6-11(9-15)13(14)8-12/h6-8,10H,4-5,9,15H2,1-3H3. The second kappa shape index (κ2) is 6.12. The molecule has 1 rings (SSSR count). The predicted octanol–water partition coefficient (Wildman–Crippen LogP) is 3.42. The molecule has 1 aromatic carbocycles. The number of rotatable bonds is 5. The first-order valence-electron chi connectivity index (χ1n) is 5.89. The fraction of sp³-hybridized carbons (Fsp3) is 0.538. The van der Waals surface area contributed by atoms with Crippen LogP contribution in [0.2, 0.25) is 5.02 Å². The Balaban J connectivity index is 2.98. The van der Waals surface area contributed by atoms with Crippen LogP contribution in [0.4, 0.5) is 5.69 Å². The first-order chi connectivity index (χ1) is 7.63. The van der Waals surface area contributed by atoms with Gasteiger partial charge in [-0.15, -0.1) is 0 Å². The molecular weight excluding hydrogens is 220 g/mol. The van der Waals surface area contributed by atoms with Gasteiger partial charge in [0.15, 0.2) is 0 Å². The molecule has 0 aliphatic rings. The summed E-state index contributed by atoms with van der Waals surface area (Å²) in [6.07, 6.45) is 1.13. The maximum Gasteiger partial charge on any atom is 0.0471 e. The average Bonchev–Trinajstić information content (AvgIpc) is 2.30. The SMILES string of the molecule is CCC(C)N(CC)c1ccc(CN)c(Cl)c1. The molecule has 0 amide bonds. The molecule has 1 atom stereocenters. The third-order valence-electron chi connectivity index (χ3n) is 3.05. The molecule has 0 aliphatic heterocycles. The Morgan fingerprint density at radius 1 is 1.38 bits per heavy atom. The van der Waals surface area contributed by atoms with Crippen LogP contribution < -0.4 is 10.6 Å². The summed E-state index contributed by atoms with van der Waals surface area (Å²) in [6, 6.07) is 6.66. The molecule has 2 N–H and O–H groups in total. The summed E-state index contributed by atoms with van der Waals surface area (Å²) in [5.41, 5.74) is 7.78. The van der Waals surface area contributed by atoms with Gasteiger partial charge in [0, 0.05) is 29.8 Å². The minimum absolute atomic E-state index is 0.495. The zero-order valence-electron chi connectivity index (χ0n) is 10.3. The smallest absolute Gasteiger partial charge is 0.0471 e. The minimum Gasteiger partial charge on any atom is -0.369 e. The van der Waals surface area contributed by atoms with Crippen LogP contribution in [0.5, 0.6) is 0 Å². The first kappa shape index (κ1) is 13.3. The van der Waals surface area contributed by atoms with Gasteiger partial charge < -0.3 is 10.6 Å². The van der Waals surface area contributed by atoms with Gasteiger partial charge in [0.1, 0.15) is 0 Å². The summed E-state index contributed by atoms with van der Waals surface area (Å²) in [5.74, 6) is 0. The van der Waals surface area contributed by atoms with Gasteiger partial charge in [0.2, 0.25) is 0 Å². The van der Waals surface area contributed by atoms with Crippen LogP contribution in [0.1, 0.15) is 32.8 Å². The van der Waals surface area contributed by atoms with Crippen molar-refractivity contribution in [1.29, 1.82) is 0 Å². The molecule has 0 saturated heterocycles. The fourth-order valence-corrected chi connectivity index (χ4v) is 2.10. The number of anilines is 1. The van der Waals surface area contributed by atoms with Crippen LogP contribution in [0.25, 0.3) is 0 Å². The van der Waals surface area contributed by atoms with Crippen molar-refractivity contribution in [3.8, 4) is 0 Å². The zero-order chi connectivity index (χ0) is 12.1. The summed E-state index contributed by atoms with van der Waals surface area (Å²) >= 11 is 6.17. The summed E-state index contributed by atoms with van der Waals surface area (Å²) in [6.45, 7) is 8.08. The van der Waals surface area contributed by atoms with E-state index < -0.39 is 0 Å². The molecule has 1 aromatic rings. The summed E-state index contributed by atoms with van der Waals surface area (Å²) in [4.78, 5) is 2.35. The minimum atomic E-state index is 0.495. The largest absolute Gasteiger partial charge is 0.369 e. The highest BCUT2D eigenvalue weighted by atomic mass is 35.5. The lowest BCUT2D eigenvalue weighted by molar-refractivity contribution is 0.630. The average molecular weight is 241 g/mol. The second-order valence-electron chi connectivity index (χ2n) is 4.02. The van der Waals surface area contributed by atoms with Crippen molar-refractivity contribution in [2.75, 3.05) is 11.4 Å². The lowest BCUT2D eigenvalue weighted by atomic mass is 10.1. The lowest BCUT2D eigenvalue weighted by Gasteiger charge is -2.29. The highest BCUT2D eigenvalue weighted by Crippen LogP contribution is 2.25. The number of halogens is 1. The predicted molar refractivity (Wildman–Crippen MR) is 72.1 cm³/mol. The third-order valence-corrected chi connectivity index (χ3v) is 3.40. The van der Waals surface area contributed by atoms with Gasteiger partial charge in [0.05, 0.1) is 0 Å². The Morgan fingerprint density at radius 2 is 2.06 bits per heavy atom. The molecule has 3 heteroatoms. The normalized spacial score (nSPS) is 12.6. The molecule has 16 heavy (non-hydrogen) atoms. The molecular formula is C13H21ClN2. The van der Waals surface area contributed by atoms with Gasteiger partial charge in [-0.1, -0.05) is 24.6 Å². The third kappa shape index (κ3) is 2.89. The number of hydrogen-bond donors (Lipinski definition) is 1. The molecule has 1 unspecified atom stereocenters. The first-order valence-corrected chi connectivity index (χ1v) is 6.26. The highest BCUT2D eigenvalue weighted by Gasteiger charge is 2.11. The quantitative estimate of drug-likeness (QED) is 0.855. The van der Waals surface area contributed by atoms with E-state index in [0.29, 0.717) is 12.6 Å². The maximum absolute atomic E-state index is 6.17. The fourth-order valence-electron chi connectivity index (χ4n) is 1.85. The van der Waals surface area contributed by atoms with E-state index in [1.165, 1.54) is 5.69 Å². The van der Waals surface area contributed by atoms with Crippen LogP contribution in [-0.2, 0) is 6.54 Å². The Labute approximate surface area is 103 Å². The van der Waals surface area contributed by atoms with E-state index in [-0.39, 0.29) is 0 Å². The van der Waals surface area contributed by atoms with Crippen LogP contribution in [0.15, 0.2) is 18.2 Å². The van der Waals surface area contributed by atoms with E-state index in [1.54, 1.807) is 0 Å². The van der Waals surface area contributed by atoms with Crippen molar-refractivity contribution < 1.29 is 0 Å². The van der Waals surface area contributed by atoms with Gasteiger partial charge in [-0.3, -0.25) is 0 Å². The molecule has 2 nitrogen and oxygen atoms in total. The molecule has 0 saturated carbocycles. The maximum atomic E-state index is 6.17. The van der Waals surface area contributed by atoms with Gasteiger partial charge in [0.25, 0.3) is 0 Å². The lowest BCUT2D eigenvalue weighted by Crippen LogP contribution is -2.32. The number of benzene rings is 1. The van der Waals surface area contributed by atoms with E-state index in [1.807, 2.05) is 12.1 Å². The second-order valence-corrected chi connectivity index (χ2v) is 4.43. The van der Waals surface area contributed by atoms with E-state index in [2.05, 4.69) is 31.7 Å². The van der Waals surface area contributed by atoms with Gasteiger partial charge in [-0.25, -0.2) is 0 Å². The highest BCUT2D eigenvalue weighted by molar-refractivity contribution is 6.31. The van der Waals surface area contributed by atoms with Crippen LogP contribution in [0, 0.1) is 0 Å². The van der Waals surface area contributed by atoms with E-state index in [4.69, 9.17) is 17.3 Å². The molecule has 90 valence electrons. The zero-order valence-corrected chi connectivity index (χ0v) is 11.1. The molecule has 0 radical (unpaired) electrons. The monoisotopic (exact) mass is 240 g/mol. The summed E-state index contributed by atoms with van der Waals surface area (Å²) in [5, 5.41) is 0.766. The van der Waals surface area contributed by atoms with Crippen molar-refractivity contribution >= 4 is 17.3 Å². The Hall–Kier alpha value is -0.730. The molecule has 0 aromatic heterocycles. The van der Waals surface area contributed by atoms with E-state index in [0.717, 1.165) is 23.6 Å². The molecule has 0 spiro atoms. The van der Waals surface area contributed by atoms with Crippen molar-refractivity contribution in [2.24, 2.45) is 5.73 Å².